The number of halogens is 2. The fraction of sp³-hybridized carbons (Fsp3) is 0.562. The number of primary amides is 1. The summed E-state index contributed by atoms with van der Waals surface area (Å²) in [6, 6.07) is 0. The molecule has 2 aliphatic heterocycles. The van der Waals surface area contributed by atoms with E-state index >= 15 is 0 Å². The fourth-order valence-electron chi connectivity index (χ4n) is 3.48. The molecule has 2 N–H and O–H groups in total. The number of ether oxygens (including phenoxy) is 2. The molecule has 0 radical (unpaired) electrons. The van der Waals surface area contributed by atoms with Gasteiger partial charge in [-0.2, -0.15) is 0 Å². The van der Waals surface area contributed by atoms with Gasteiger partial charge in [-0.05, 0) is 19.3 Å². The van der Waals surface area contributed by atoms with Crippen molar-refractivity contribution in [2.24, 2.45) is 5.73 Å². The number of hydrogen-bond acceptors (Lipinski definition) is 6. The number of nitrogens with zero attached hydrogens (tertiary/aromatic N) is 4. The first-order valence-electron chi connectivity index (χ1n) is 8.59. The Kier molecular flexibility index (Phi) is 4.68. The summed E-state index contributed by atoms with van der Waals surface area (Å²) in [7, 11) is 0. The molecule has 26 heavy (non-hydrogen) atoms. The van der Waals surface area contributed by atoms with E-state index in [9.17, 15) is 9.18 Å². The third-order valence-corrected chi connectivity index (χ3v) is 4.95. The van der Waals surface area contributed by atoms with Crippen molar-refractivity contribution in [2.45, 2.75) is 25.5 Å². The number of fused-ring (bicyclic) bond motifs is 1. The summed E-state index contributed by atoms with van der Waals surface area (Å²) >= 11 is 6.07. The van der Waals surface area contributed by atoms with Crippen LogP contribution in [0.15, 0.2) is 0 Å². The maximum Gasteiger partial charge on any atom is 0.284 e. The Morgan fingerprint density at radius 1 is 1.23 bits per heavy atom. The maximum atomic E-state index is 14.8. The Morgan fingerprint density at radius 2 is 2.00 bits per heavy atom. The molecular formula is C16H19ClFN5O3. The average Bonchev–Trinajstić information content (AvgIpc) is 3.03. The Labute approximate surface area is 154 Å². The number of anilines is 1. The lowest BCUT2D eigenvalue weighted by atomic mass is 10.2. The van der Waals surface area contributed by atoms with Crippen molar-refractivity contribution in [1.82, 2.24) is 14.5 Å². The van der Waals surface area contributed by atoms with Crippen LogP contribution in [0.2, 0.25) is 5.15 Å². The molecule has 1 atom stereocenters. The van der Waals surface area contributed by atoms with Gasteiger partial charge in [0.25, 0.3) is 5.91 Å². The lowest BCUT2D eigenvalue weighted by Crippen LogP contribution is -2.37. The molecule has 2 aromatic heterocycles. The minimum absolute atomic E-state index is 0.00410. The summed E-state index contributed by atoms with van der Waals surface area (Å²) in [4.78, 5) is 22.3. The molecule has 0 saturated carbocycles. The minimum Gasteiger partial charge on any atom is -0.378 e. The second-order valence-electron chi connectivity index (χ2n) is 6.33. The van der Waals surface area contributed by atoms with Gasteiger partial charge in [0, 0.05) is 19.7 Å². The lowest BCUT2D eigenvalue weighted by Gasteiger charge is -2.29. The van der Waals surface area contributed by atoms with E-state index in [0.717, 1.165) is 12.8 Å². The van der Waals surface area contributed by atoms with Crippen molar-refractivity contribution in [3.63, 3.8) is 0 Å². The van der Waals surface area contributed by atoms with Crippen molar-refractivity contribution in [1.29, 1.82) is 0 Å². The van der Waals surface area contributed by atoms with Crippen LogP contribution in [0.5, 0.6) is 0 Å². The van der Waals surface area contributed by atoms with Crippen molar-refractivity contribution in [2.75, 3.05) is 37.8 Å². The third kappa shape index (κ3) is 2.89. The highest BCUT2D eigenvalue weighted by atomic mass is 35.5. The zero-order chi connectivity index (χ0) is 18.3. The van der Waals surface area contributed by atoms with Gasteiger partial charge in [0.15, 0.2) is 16.6 Å². The molecule has 0 spiro atoms. The van der Waals surface area contributed by atoms with Gasteiger partial charge < -0.3 is 20.1 Å². The van der Waals surface area contributed by atoms with Gasteiger partial charge >= 0.3 is 0 Å². The predicted molar refractivity (Wildman–Crippen MR) is 92.9 cm³/mol. The summed E-state index contributed by atoms with van der Waals surface area (Å²) in [5.41, 5.74) is 6.31. The Hall–Kier alpha value is -1.97. The van der Waals surface area contributed by atoms with Gasteiger partial charge in [-0.25, -0.2) is 14.4 Å². The van der Waals surface area contributed by atoms with E-state index in [1.165, 1.54) is 0 Å². The number of morpholine rings is 1. The Bertz CT molecular complexity index is 846. The average molecular weight is 384 g/mol. The molecule has 1 amide bonds. The normalized spacial score (nSPS) is 21.3. The van der Waals surface area contributed by atoms with E-state index in [-0.39, 0.29) is 22.2 Å². The summed E-state index contributed by atoms with van der Waals surface area (Å²) in [6.07, 6.45) is 2.14. The predicted octanol–water partition coefficient (Wildman–Crippen LogP) is 1.86. The monoisotopic (exact) mass is 383 g/mol. The second kappa shape index (κ2) is 6.98. The first-order chi connectivity index (χ1) is 12.6. The molecule has 140 valence electrons. The van der Waals surface area contributed by atoms with E-state index < -0.39 is 18.0 Å². The number of pyridine rings is 1. The van der Waals surface area contributed by atoms with Crippen LogP contribution in [0.4, 0.5) is 10.1 Å². The number of rotatable bonds is 3. The van der Waals surface area contributed by atoms with E-state index in [0.29, 0.717) is 45.0 Å². The zero-order valence-electron chi connectivity index (χ0n) is 14.1. The van der Waals surface area contributed by atoms with Crippen molar-refractivity contribution in [3.8, 4) is 0 Å². The van der Waals surface area contributed by atoms with E-state index in [4.69, 9.17) is 26.8 Å². The molecule has 10 heteroatoms. The first kappa shape index (κ1) is 17.4. The summed E-state index contributed by atoms with van der Waals surface area (Å²) in [5.74, 6) is -1.39. The van der Waals surface area contributed by atoms with Crippen LogP contribution in [-0.4, -0.2) is 53.4 Å². The van der Waals surface area contributed by atoms with Crippen LogP contribution in [0.1, 0.15) is 36.1 Å². The van der Waals surface area contributed by atoms with Crippen LogP contribution < -0.4 is 10.6 Å². The van der Waals surface area contributed by atoms with Crippen molar-refractivity contribution >= 4 is 34.4 Å². The molecule has 4 heterocycles. The summed E-state index contributed by atoms with van der Waals surface area (Å²) in [6.45, 7) is 2.48. The minimum atomic E-state index is -0.721. The van der Waals surface area contributed by atoms with E-state index in [1.807, 2.05) is 0 Å². The molecule has 2 fully saturated rings. The van der Waals surface area contributed by atoms with Gasteiger partial charge in [0.2, 0.25) is 5.82 Å². The number of hydrogen-bond donors (Lipinski definition) is 1. The second-order valence-corrected chi connectivity index (χ2v) is 6.69. The summed E-state index contributed by atoms with van der Waals surface area (Å²) < 4.78 is 27.5. The number of imidazole rings is 1. The van der Waals surface area contributed by atoms with Gasteiger partial charge in [-0.15, -0.1) is 0 Å². The maximum absolute atomic E-state index is 14.8. The number of nitrogens with two attached hydrogens (primary N) is 1. The van der Waals surface area contributed by atoms with E-state index in [2.05, 4.69) is 9.97 Å². The highest BCUT2D eigenvalue weighted by Crippen LogP contribution is 2.36. The molecule has 0 bridgehead atoms. The quantitative estimate of drug-likeness (QED) is 0.813. The fourth-order valence-corrected chi connectivity index (χ4v) is 3.65. The standard InChI is InChI=1S/C16H19ClFN5O3/c17-13-10(18)12(22-4-7-25-8-5-22)11-15(21-13)23(16(20-11)14(19)24)9-3-1-2-6-26-9/h9H,1-8H2,(H2,19,24). The topological polar surface area (TPSA) is 95.5 Å². The van der Waals surface area contributed by atoms with Crippen LogP contribution >= 0.6 is 11.6 Å². The SMILES string of the molecule is NC(=O)c1nc2c(N3CCOCC3)c(F)c(Cl)nc2n1C1CCCCO1. The molecule has 8 nitrogen and oxygen atoms in total. The smallest absolute Gasteiger partial charge is 0.284 e. The van der Waals surface area contributed by atoms with Crippen LogP contribution in [-0.2, 0) is 9.47 Å². The van der Waals surface area contributed by atoms with Crippen LogP contribution in [0.25, 0.3) is 11.2 Å². The number of aromatic nitrogens is 3. The molecule has 2 aromatic rings. The zero-order valence-corrected chi connectivity index (χ0v) is 14.8. The van der Waals surface area contributed by atoms with Crippen LogP contribution in [0, 0.1) is 5.82 Å². The Morgan fingerprint density at radius 3 is 2.65 bits per heavy atom. The lowest BCUT2D eigenvalue weighted by molar-refractivity contribution is -0.0308. The number of carbonyl (C=O) groups excluding carboxylic acids is 1. The number of carbonyl (C=O) groups is 1. The molecule has 4 rings (SSSR count). The molecule has 0 aliphatic carbocycles. The van der Waals surface area contributed by atoms with Gasteiger partial charge in [-0.1, -0.05) is 11.6 Å². The Balaban J connectivity index is 1.94. The third-order valence-electron chi connectivity index (χ3n) is 4.69. The van der Waals surface area contributed by atoms with E-state index in [1.54, 1.807) is 9.47 Å². The molecule has 2 saturated heterocycles. The highest BCUT2D eigenvalue weighted by Gasteiger charge is 2.30. The van der Waals surface area contributed by atoms with Crippen molar-refractivity contribution in [3.05, 3.63) is 16.8 Å². The highest BCUT2D eigenvalue weighted by molar-refractivity contribution is 6.30. The van der Waals surface area contributed by atoms with Gasteiger partial charge in [0.05, 0.1) is 13.2 Å². The molecule has 1 unspecified atom stereocenters. The molecule has 0 aromatic carbocycles. The molecule has 2 aliphatic rings. The number of amides is 1. The summed E-state index contributed by atoms with van der Waals surface area (Å²) in [5, 5.41) is -0.271. The molecular weight excluding hydrogens is 365 g/mol. The van der Waals surface area contributed by atoms with Gasteiger partial charge in [0.1, 0.15) is 17.4 Å². The first-order valence-corrected chi connectivity index (χ1v) is 8.96. The van der Waals surface area contributed by atoms with Crippen LogP contribution in [0.3, 0.4) is 0 Å². The van der Waals surface area contributed by atoms with Crippen molar-refractivity contribution < 1.29 is 18.7 Å². The largest absolute Gasteiger partial charge is 0.378 e. The van der Waals surface area contributed by atoms with Gasteiger partial charge in [-0.3, -0.25) is 9.36 Å².